The number of nitrogens with one attached hydrogen (secondary N) is 5. The Balaban J connectivity index is 1.81. The van der Waals surface area contributed by atoms with Crippen molar-refractivity contribution in [3.05, 3.63) is 65.7 Å². The average molecular weight is 522 g/mol. The molecule has 2 aromatic carbocycles. The van der Waals surface area contributed by atoms with E-state index >= 15 is 0 Å². The minimum Gasteiger partial charge on any atom is -0.345 e. The number of carbonyl (C=O) groups is 6. The molecule has 2 aromatic rings. The third-order valence-electron chi connectivity index (χ3n) is 5.89. The first-order valence-corrected chi connectivity index (χ1v) is 12.3. The molecule has 2 bridgehead atoms. The minimum absolute atomic E-state index is 0.0909. The molecule has 0 spiro atoms. The van der Waals surface area contributed by atoms with Gasteiger partial charge in [-0.1, -0.05) is 42.5 Å². The zero-order valence-electron chi connectivity index (χ0n) is 21.0. The number of hydrogen-bond acceptors (Lipinski definition) is 6. The fourth-order valence-corrected chi connectivity index (χ4v) is 3.85. The van der Waals surface area contributed by atoms with Gasteiger partial charge in [-0.2, -0.15) is 0 Å². The number of rotatable bonds is 3. The molecule has 0 saturated carbocycles. The van der Waals surface area contributed by atoms with Gasteiger partial charge in [-0.15, -0.1) is 0 Å². The lowest BCUT2D eigenvalue weighted by molar-refractivity contribution is -0.132. The predicted molar refractivity (Wildman–Crippen MR) is 139 cm³/mol. The molecule has 38 heavy (non-hydrogen) atoms. The number of aldehydes is 1. The lowest BCUT2D eigenvalue weighted by Crippen LogP contribution is -2.54. The topological polar surface area (TPSA) is 163 Å². The third kappa shape index (κ3) is 8.84. The summed E-state index contributed by atoms with van der Waals surface area (Å²) < 4.78 is 0. The van der Waals surface area contributed by atoms with Crippen LogP contribution in [0, 0.1) is 0 Å². The largest absolute Gasteiger partial charge is 0.345 e. The van der Waals surface area contributed by atoms with E-state index in [1.165, 1.54) is 6.92 Å². The van der Waals surface area contributed by atoms with Crippen LogP contribution in [0.4, 0.5) is 5.69 Å². The van der Waals surface area contributed by atoms with E-state index in [0.717, 1.165) is 11.1 Å². The van der Waals surface area contributed by atoms with E-state index in [2.05, 4.69) is 26.6 Å². The lowest BCUT2D eigenvalue weighted by atomic mass is 10.0. The number of fused-ring (bicyclic) bond motifs is 18. The summed E-state index contributed by atoms with van der Waals surface area (Å²) in [4.78, 5) is 74.3. The number of hydrogen-bond donors (Lipinski definition) is 5. The average Bonchev–Trinajstić information content (AvgIpc) is 2.90. The Morgan fingerprint density at radius 2 is 1.47 bits per heavy atom. The molecule has 0 aromatic heterocycles. The molecule has 2 aliphatic rings. The SMILES string of the molecule is C[C@H]1NC(=O)CCC(=O)Nc2ccc(cc2)C[C@@H](C=O)NC(=O)[C@@H](Cc2ccccc2)NC(=O)CNC1=O. The van der Waals surface area contributed by atoms with E-state index in [4.69, 9.17) is 0 Å². The van der Waals surface area contributed by atoms with E-state index < -0.39 is 48.3 Å². The molecule has 0 fully saturated rings. The standard InChI is InChI=1S/C27H31N5O6/c1-17-26(37)28-15-25(36)32-22(14-18-5-3-2-4-6-18)27(38)31-21(16-33)13-19-7-9-20(10-8-19)30-24(35)12-11-23(34)29-17/h2-10,16-17,21-22H,11-15H2,1H3,(H,28,37)(H,29,34)(H,30,35)(H,31,38)(H,32,36)/t17-,21+,22-/m1/s1. The zero-order valence-corrected chi connectivity index (χ0v) is 21.0. The van der Waals surface area contributed by atoms with Crippen LogP contribution in [0.2, 0.25) is 0 Å². The number of carbonyl (C=O) groups excluding carboxylic acids is 6. The van der Waals surface area contributed by atoms with Gasteiger partial charge in [0.15, 0.2) is 0 Å². The molecule has 5 N–H and O–H groups in total. The highest BCUT2D eigenvalue weighted by Crippen LogP contribution is 2.12. The van der Waals surface area contributed by atoms with Crippen molar-refractivity contribution in [1.29, 1.82) is 0 Å². The summed E-state index contributed by atoms with van der Waals surface area (Å²) in [6, 6.07) is 13.0. The van der Waals surface area contributed by atoms with Gasteiger partial charge in [0.05, 0.1) is 12.6 Å². The van der Waals surface area contributed by atoms with Gasteiger partial charge >= 0.3 is 0 Å². The summed E-state index contributed by atoms with van der Waals surface area (Å²) in [6.45, 7) is 1.02. The second kappa shape index (κ2) is 13.7. The maximum Gasteiger partial charge on any atom is 0.243 e. The van der Waals surface area contributed by atoms with Crippen molar-refractivity contribution in [2.45, 2.75) is 50.7 Å². The summed E-state index contributed by atoms with van der Waals surface area (Å²) in [7, 11) is 0. The van der Waals surface area contributed by atoms with Crippen LogP contribution in [0.3, 0.4) is 0 Å². The Morgan fingerprint density at radius 1 is 0.789 bits per heavy atom. The van der Waals surface area contributed by atoms with Crippen LogP contribution in [0.1, 0.15) is 30.9 Å². The Kier molecular flexibility index (Phi) is 10.1. The second-order valence-electron chi connectivity index (χ2n) is 9.02. The summed E-state index contributed by atoms with van der Waals surface area (Å²) in [5.74, 6) is -2.65. The van der Waals surface area contributed by atoms with Gasteiger partial charge in [0.25, 0.3) is 0 Å². The van der Waals surface area contributed by atoms with Crippen molar-refractivity contribution in [1.82, 2.24) is 21.3 Å². The Morgan fingerprint density at radius 3 is 2.16 bits per heavy atom. The van der Waals surface area contributed by atoms with Gasteiger partial charge in [-0.05, 0) is 36.6 Å². The Hall–Kier alpha value is -4.54. The van der Waals surface area contributed by atoms with Gasteiger partial charge < -0.3 is 31.4 Å². The van der Waals surface area contributed by atoms with Crippen molar-refractivity contribution >= 4 is 41.5 Å². The number of benzene rings is 2. The molecule has 0 radical (unpaired) electrons. The maximum absolute atomic E-state index is 13.1. The van der Waals surface area contributed by atoms with Gasteiger partial charge in [-0.25, -0.2) is 0 Å². The molecule has 5 amide bonds. The van der Waals surface area contributed by atoms with E-state index in [-0.39, 0.29) is 31.6 Å². The summed E-state index contributed by atoms with van der Waals surface area (Å²) in [5.41, 5.74) is 2.04. The quantitative estimate of drug-likeness (QED) is 0.282. The van der Waals surface area contributed by atoms with E-state index in [1.54, 1.807) is 36.4 Å². The predicted octanol–water partition coefficient (Wildman–Crippen LogP) is -0.00650. The molecule has 0 saturated heterocycles. The first-order chi connectivity index (χ1) is 18.2. The highest BCUT2D eigenvalue weighted by atomic mass is 16.2. The molecule has 4 rings (SSSR count). The molecule has 3 atom stereocenters. The fourth-order valence-electron chi connectivity index (χ4n) is 3.85. The lowest BCUT2D eigenvalue weighted by Gasteiger charge is -2.22. The van der Waals surface area contributed by atoms with Crippen LogP contribution in [-0.4, -0.2) is 60.5 Å². The van der Waals surface area contributed by atoms with Crippen molar-refractivity contribution in [2.75, 3.05) is 11.9 Å². The molecule has 11 nitrogen and oxygen atoms in total. The molecule has 2 heterocycles. The molecule has 0 aliphatic carbocycles. The van der Waals surface area contributed by atoms with Crippen molar-refractivity contribution in [3.8, 4) is 0 Å². The van der Waals surface area contributed by atoms with E-state index in [1.807, 2.05) is 18.2 Å². The highest BCUT2D eigenvalue weighted by molar-refractivity contribution is 5.95. The summed E-state index contributed by atoms with van der Waals surface area (Å²) in [5, 5.41) is 12.9. The molecule has 200 valence electrons. The number of anilines is 1. The van der Waals surface area contributed by atoms with Crippen LogP contribution >= 0.6 is 0 Å². The third-order valence-corrected chi connectivity index (χ3v) is 5.89. The van der Waals surface area contributed by atoms with Crippen molar-refractivity contribution < 1.29 is 28.8 Å². The Labute approximate surface area is 220 Å². The van der Waals surface area contributed by atoms with Crippen LogP contribution in [-0.2, 0) is 41.6 Å². The monoisotopic (exact) mass is 521 g/mol. The fraction of sp³-hybridized carbons (Fsp3) is 0.333. The van der Waals surface area contributed by atoms with Crippen LogP contribution in [0.15, 0.2) is 54.6 Å². The molecular weight excluding hydrogens is 490 g/mol. The van der Waals surface area contributed by atoms with Gasteiger partial charge in [0.1, 0.15) is 18.4 Å². The van der Waals surface area contributed by atoms with Gasteiger partial charge in [-0.3, -0.25) is 24.0 Å². The first-order valence-electron chi connectivity index (χ1n) is 12.3. The van der Waals surface area contributed by atoms with E-state index in [9.17, 15) is 28.8 Å². The Bertz CT molecular complexity index is 1170. The van der Waals surface area contributed by atoms with Crippen molar-refractivity contribution in [3.63, 3.8) is 0 Å². The van der Waals surface area contributed by atoms with Crippen LogP contribution in [0.5, 0.6) is 0 Å². The molecular formula is C27H31N5O6. The minimum atomic E-state index is -1.01. The first kappa shape index (κ1) is 28.0. The highest BCUT2D eigenvalue weighted by Gasteiger charge is 2.25. The van der Waals surface area contributed by atoms with Crippen LogP contribution in [0.25, 0.3) is 0 Å². The normalized spacial score (nSPS) is 22.1. The van der Waals surface area contributed by atoms with Crippen molar-refractivity contribution in [2.24, 2.45) is 0 Å². The van der Waals surface area contributed by atoms with Gasteiger partial charge in [0.2, 0.25) is 29.5 Å². The number of amides is 5. The second-order valence-corrected chi connectivity index (χ2v) is 9.02. The zero-order chi connectivity index (χ0) is 27.5. The molecule has 0 unspecified atom stereocenters. The summed E-state index contributed by atoms with van der Waals surface area (Å²) in [6.07, 6.45) is 0.767. The smallest absolute Gasteiger partial charge is 0.243 e. The van der Waals surface area contributed by atoms with Gasteiger partial charge in [0, 0.05) is 24.9 Å². The summed E-state index contributed by atoms with van der Waals surface area (Å²) >= 11 is 0. The van der Waals surface area contributed by atoms with E-state index in [0.29, 0.717) is 12.0 Å². The maximum atomic E-state index is 13.1. The molecule has 2 aliphatic heterocycles. The van der Waals surface area contributed by atoms with Crippen LogP contribution < -0.4 is 26.6 Å². The molecule has 11 heteroatoms.